The molecule has 1 aliphatic heterocycles. The Morgan fingerprint density at radius 3 is 2.66 bits per heavy atom. The molecule has 2 amide bonds. The van der Waals surface area contributed by atoms with Crippen molar-refractivity contribution in [1.82, 2.24) is 19.6 Å². The highest BCUT2D eigenvalue weighted by molar-refractivity contribution is 5.95. The molecule has 32 heavy (non-hydrogen) atoms. The van der Waals surface area contributed by atoms with E-state index in [1.165, 1.54) is 12.1 Å². The largest absolute Gasteiger partial charge is 0.478 e. The minimum absolute atomic E-state index is 0.0168. The summed E-state index contributed by atoms with van der Waals surface area (Å²) in [6.45, 7) is 1.19. The first-order valence-corrected chi connectivity index (χ1v) is 10.4. The molecule has 0 bridgehead atoms. The molecular formula is C23H26FN5O3. The Morgan fingerprint density at radius 2 is 2.00 bits per heavy atom. The van der Waals surface area contributed by atoms with Gasteiger partial charge in [0.25, 0.3) is 0 Å². The number of hydrogen-bond donors (Lipinski definition) is 1. The van der Waals surface area contributed by atoms with E-state index in [1.54, 1.807) is 20.7 Å². The molecule has 0 spiro atoms. The van der Waals surface area contributed by atoms with Crippen LogP contribution in [0.4, 0.5) is 14.9 Å². The zero-order valence-electron chi connectivity index (χ0n) is 18.3. The maximum Gasteiger partial charge on any atom is 0.335 e. The third kappa shape index (κ3) is 4.16. The van der Waals surface area contributed by atoms with Crippen LogP contribution in [0.25, 0.3) is 10.9 Å². The van der Waals surface area contributed by atoms with Crippen LogP contribution in [0.5, 0.6) is 0 Å². The second-order valence-electron chi connectivity index (χ2n) is 8.34. The van der Waals surface area contributed by atoms with Crippen molar-refractivity contribution in [3.8, 4) is 0 Å². The molecule has 8 nitrogen and oxygen atoms in total. The number of urea groups is 1. The van der Waals surface area contributed by atoms with Crippen LogP contribution in [0.1, 0.15) is 22.3 Å². The molecule has 3 aromatic rings. The van der Waals surface area contributed by atoms with Gasteiger partial charge >= 0.3 is 12.0 Å². The van der Waals surface area contributed by atoms with Gasteiger partial charge in [-0.1, -0.05) is 6.07 Å². The first-order valence-electron chi connectivity index (χ1n) is 10.4. The number of benzene rings is 2. The summed E-state index contributed by atoms with van der Waals surface area (Å²) in [5.41, 5.74) is 1.60. The van der Waals surface area contributed by atoms with Crippen molar-refractivity contribution in [2.24, 2.45) is 7.05 Å². The monoisotopic (exact) mass is 439 g/mol. The van der Waals surface area contributed by atoms with E-state index in [4.69, 9.17) is 5.11 Å². The molecule has 4 rings (SSSR count). The Bertz CT molecular complexity index is 1180. The average molecular weight is 439 g/mol. The molecule has 168 valence electrons. The van der Waals surface area contributed by atoms with Gasteiger partial charge in [0.15, 0.2) is 0 Å². The Kier molecular flexibility index (Phi) is 5.84. The number of aromatic carboxylic acids is 1. The van der Waals surface area contributed by atoms with Crippen LogP contribution < -0.4 is 4.90 Å². The molecule has 1 fully saturated rings. The molecule has 1 atom stereocenters. The number of aryl methyl sites for hydroxylation is 1. The third-order valence-electron chi connectivity index (χ3n) is 6.07. The lowest BCUT2D eigenvalue weighted by molar-refractivity contribution is 0.0696. The maximum atomic E-state index is 14.7. The van der Waals surface area contributed by atoms with E-state index in [9.17, 15) is 14.0 Å². The number of aromatic nitrogens is 2. The molecule has 9 heteroatoms. The third-order valence-corrected chi connectivity index (χ3v) is 6.07. The second-order valence-corrected chi connectivity index (χ2v) is 8.34. The zero-order valence-corrected chi connectivity index (χ0v) is 18.3. The average Bonchev–Trinajstić information content (AvgIpc) is 3.40. The van der Waals surface area contributed by atoms with E-state index >= 15 is 0 Å². The Balaban J connectivity index is 1.70. The standard InChI is InChI=1S/C23H26FN5O3/c1-26(2)19-8-9-28(14-19)23(32)29(13-17-5-4-15(22(30)31)10-20(17)24)18-7-6-16-12-25-27(3)21(16)11-18/h4-7,10-12,19H,8-9,13-14H2,1-3H3,(H,30,31)/t19-/m1/s1. The molecule has 1 aromatic heterocycles. The summed E-state index contributed by atoms with van der Waals surface area (Å²) in [6.07, 6.45) is 2.62. The van der Waals surface area contributed by atoms with Crippen molar-refractivity contribution < 1.29 is 19.1 Å². The van der Waals surface area contributed by atoms with Crippen LogP contribution in [0, 0.1) is 5.82 Å². The van der Waals surface area contributed by atoms with Crippen molar-refractivity contribution in [2.75, 3.05) is 32.1 Å². The van der Waals surface area contributed by atoms with Crippen molar-refractivity contribution in [3.05, 3.63) is 59.5 Å². The Hall–Kier alpha value is -3.46. The van der Waals surface area contributed by atoms with Crippen molar-refractivity contribution in [1.29, 1.82) is 0 Å². The number of amides is 2. The number of nitrogens with zero attached hydrogens (tertiary/aromatic N) is 5. The highest BCUT2D eigenvalue weighted by atomic mass is 19.1. The number of hydrogen-bond acceptors (Lipinski definition) is 4. The first-order chi connectivity index (χ1) is 15.2. The van der Waals surface area contributed by atoms with E-state index in [1.807, 2.05) is 39.3 Å². The fraction of sp³-hybridized carbons (Fsp3) is 0.348. The fourth-order valence-corrected chi connectivity index (χ4v) is 4.06. The lowest BCUT2D eigenvalue weighted by Crippen LogP contribution is -2.43. The molecule has 0 aliphatic carbocycles. The lowest BCUT2D eigenvalue weighted by Gasteiger charge is -2.29. The smallest absolute Gasteiger partial charge is 0.335 e. The number of likely N-dealkylation sites (tertiary alicyclic amines) is 1. The van der Waals surface area contributed by atoms with Crippen LogP contribution in [0.15, 0.2) is 42.6 Å². The first kappa shape index (κ1) is 21.8. The molecule has 1 N–H and O–H groups in total. The number of halogens is 1. The van der Waals surface area contributed by atoms with Gasteiger partial charge in [-0.2, -0.15) is 5.10 Å². The summed E-state index contributed by atoms with van der Waals surface area (Å²) in [5, 5.41) is 14.3. The minimum Gasteiger partial charge on any atom is -0.478 e. The molecule has 2 aromatic carbocycles. The van der Waals surface area contributed by atoms with E-state index < -0.39 is 11.8 Å². The van der Waals surface area contributed by atoms with Gasteiger partial charge in [0.1, 0.15) is 5.82 Å². The number of carbonyl (C=O) groups is 2. The van der Waals surface area contributed by atoms with Gasteiger partial charge < -0.3 is 14.9 Å². The second kappa shape index (κ2) is 8.58. The van der Waals surface area contributed by atoms with Crippen LogP contribution in [0.2, 0.25) is 0 Å². The van der Waals surface area contributed by atoms with Crippen LogP contribution in [0.3, 0.4) is 0 Å². The molecule has 0 saturated carbocycles. The van der Waals surface area contributed by atoms with Crippen molar-refractivity contribution in [2.45, 2.75) is 19.0 Å². The zero-order chi connectivity index (χ0) is 23.0. The number of fused-ring (bicyclic) bond motifs is 1. The molecule has 0 unspecified atom stereocenters. The normalized spacial score (nSPS) is 16.2. The van der Waals surface area contributed by atoms with Gasteiger partial charge in [0.05, 0.1) is 23.8 Å². The lowest BCUT2D eigenvalue weighted by atomic mass is 10.1. The Morgan fingerprint density at radius 1 is 1.22 bits per heavy atom. The van der Waals surface area contributed by atoms with Crippen LogP contribution in [-0.2, 0) is 13.6 Å². The SMILES string of the molecule is CN(C)[C@@H]1CCN(C(=O)N(Cc2ccc(C(=O)O)cc2F)c2ccc3cnn(C)c3c2)C1. The number of rotatable bonds is 5. The van der Waals surface area contributed by atoms with Gasteiger partial charge in [-0.25, -0.2) is 14.0 Å². The van der Waals surface area contributed by atoms with Crippen LogP contribution in [-0.4, -0.2) is 69.9 Å². The summed E-state index contributed by atoms with van der Waals surface area (Å²) in [4.78, 5) is 30.1. The quantitative estimate of drug-likeness (QED) is 0.660. The molecule has 1 saturated heterocycles. The fourth-order valence-electron chi connectivity index (χ4n) is 4.06. The Labute approximate surface area is 185 Å². The highest BCUT2D eigenvalue weighted by Gasteiger charge is 2.31. The number of carbonyl (C=O) groups excluding carboxylic acids is 1. The predicted octanol–water partition coefficient (Wildman–Crippen LogP) is 3.17. The summed E-state index contributed by atoms with van der Waals surface area (Å²) < 4.78 is 16.5. The van der Waals surface area contributed by atoms with Crippen molar-refractivity contribution in [3.63, 3.8) is 0 Å². The number of likely N-dealkylation sites (N-methyl/N-ethyl adjacent to an activating group) is 1. The van der Waals surface area contributed by atoms with E-state index in [-0.39, 0.29) is 29.7 Å². The summed E-state index contributed by atoms with van der Waals surface area (Å²) in [7, 11) is 5.81. The van der Waals surface area contributed by atoms with E-state index in [2.05, 4.69) is 10.00 Å². The van der Waals surface area contributed by atoms with E-state index in [0.29, 0.717) is 18.8 Å². The predicted molar refractivity (Wildman–Crippen MR) is 119 cm³/mol. The summed E-state index contributed by atoms with van der Waals surface area (Å²) in [6, 6.07) is 9.40. The maximum absolute atomic E-state index is 14.7. The summed E-state index contributed by atoms with van der Waals surface area (Å²) in [5.74, 6) is -1.85. The highest BCUT2D eigenvalue weighted by Crippen LogP contribution is 2.27. The van der Waals surface area contributed by atoms with Gasteiger partial charge in [-0.3, -0.25) is 9.58 Å². The number of carboxylic acids is 1. The molecule has 2 heterocycles. The van der Waals surface area contributed by atoms with Gasteiger partial charge in [0.2, 0.25) is 0 Å². The van der Waals surface area contributed by atoms with Crippen molar-refractivity contribution >= 4 is 28.6 Å². The minimum atomic E-state index is -1.20. The topological polar surface area (TPSA) is 81.9 Å². The molecule has 1 aliphatic rings. The number of anilines is 1. The number of carboxylic acid groups (broad SMARTS) is 1. The van der Waals surface area contributed by atoms with E-state index in [0.717, 1.165) is 23.4 Å². The van der Waals surface area contributed by atoms with Crippen LogP contribution >= 0.6 is 0 Å². The van der Waals surface area contributed by atoms with Gasteiger partial charge in [-0.05, 0) is 50.8 Å². The molecule has 0 radical (unpaired) electrons. The summed E-state index contributed by atoms with van der Waals surface area (Å²) >= 11 is 0. The molecular weight excluding hydrogens is 413 g/mol. The van der Waals surface area contributed by atoms with Gasteiger partial charge in [0, 0.05) is 42.8 Å². The van der Waals surface area contributed by atoms with Gasteiger partial charge in [-0.15, -0.1) is 0 Å².